The van der Waals surface area contributed by atoms with E-state index < -0.39 is 0 Å². The van der Waals surface area contributed by atoms with Gasteiger partial charge in [-0.25, -0.2) is 9.97 Å². The Balaban J connectivity index is 2.19. The maximum atomic E-state index is 12.6. The molecule has 0 N–H and O–H groups in total. The minimum absolute atomic E-state index is 0.133. The molecule has 0 aliphatic rings. The standard InChI is InChI=1S/C14H12ClN3OS2/c1-3-20-14-17-12-11(21-14)13(19)18(7-16-12)10-5-4-8(2)6-9(10)15/h4-7H,3H2,1-2H3. The molecule has 0 saturated carbocycles. The molecule has 21 heavy (non-hydrogen) atoms. The normalized spacial score (nSPS) is 11.2. The molecule has 0 saturated heterocycles. The van der Waals surface area contributed by atoms with Crippen molar-refractivity contribution in [3.05, 3.63) is 45.5 Å². The van der Waals surface area contributed by atoms with Gasteiger partial charge in [0, 0.05) is 0 Å². The third-order valence-corrected chi connectivity index (χ3v) is 5.29. The van der Waals surface area contributed by atoms with Gasteiger partial charge in [0.15, 0.2) is 9.99 Å². The fourth-order valence-corrected chi connectivity index (χ4v) is 4.20. The molecule has 1 aromatic carbocycles. The van der Waals surface area contributed by atoms with Gasteiger partial charge in [0.05, 0.1) is 10.7 Å². The lowest BCUT2D eigenvalue weighted by molar-refractivity contribution is 0.959. The first-order chi connectivity index (χ1) is 10.1. The van der Waals surface area contributed by atoms with Gasteiger partial charge in [-0.1, -0.05) is 36.4 Å². The summed E-state index contributed by atoms with van der Waals surface area (Å²) < 4.78 is 2.90. The largest absolute Gasteiger partial charge is 0.277 e. The van der Waals surface area contributed by atoms with E-state index in [2.05, 4.69) is 16.9 Å². The number of aromatic nitrogens is 3. The van der Waals surface area contributed by atoms with Gasteiger partial charge in [-0.3, -0.25) is 9.36 Å². The van der Waals surface area contributed by atoms with E-state index in [1.54, 1.807) is 11.8 Å². The van der Waals surface area contributed by atoms with Gasteiger partial charge >= 0.3 is 0 Å². The van der Waals surface area contributed by atoms with Crippen molar-refractivity contribution in [2.24, 2.45) is 0 Å². The summed E-state index contributed by atoms with van der Waals surface area (Å²) in [6.45, 7) is 4.01. The Kier molecular flexibility index (Phi) is 4.01. The molecular weight excluding hydrogens is 326 g/mol. The second kappa shape index (κ2) is 5.79. The van der Waals surface area contributed by atoms with Crippen LogP contribution < -0.4 is 5.56 Å². The number of thioether (sulfide) groups is 1. The lowest BCUT2D eigenvalue weighted by Gasteiger charge is -2.07. The topological polar surface area (TPSA) is 47.8 Å². The van der Waals surface area contributed by atoms with E-state index in [9.17, 15) is 4.79 Å². The Morgan fingerprint density at radius 1 is 1.43 bits per heavy atom. The second-order valence-electron chi connectivity index (χ2n) is 4.44. The van der Waals surface area contributed by atoms with Gasteiger partial charge in [0.2, 0.25) is 0 Å². The Morgan fingerprint density at radius 3 is 2.95 bits per heavy atom. The van der Waals surface area contributed by atoms with Crippen molar-refractivity contribution in [3.63, 3.8) is 0 Å². The molecule has 0 aliphatic heterocycles. The van der Waals surface area contributed by atoms with Crippen LogP contribution in [0.15, 0.2) is 33.7 Å². The minimum atomic E-state index is -0.133. The average Bonchev–Trinajstić information content (AvgIpc) is 2.84. The van der Waals surface area contributed by atoms with Gasteiger partial charge in [-0.05, 0) is 30.4 Å². The van der Waals surface area contributed by atoms with Crippen LogP contribution in [-0.2, 0) is 0 Å². The van der Waals surface area contributed by atoms with Crippen LogP contribution in [0.2, 0.25) is 5.02 Å². The summed E-state index contributed by atoms with van der Waals surface area (Å²) in [6, 6.07) is 5.58. The van der Waals surface area contributed by atoms with E-state index in [0.717, 1.165) is 15.7 Å². The van der Waals surface area contributed by atoms with Crippen molar-refractivity contribution in [2.75, 3.05) is 5.75 Å². The number of hydrogen-bond acceptors (Lipinski definition) is 5. The zero-order valence-electron chi connectivity index (χ0n) is 11.5. The molecule has 7 heteroatoms. The monoisotopic (exact) mass is 337 g/mol. The number of rotatable bonds is 3. The van der Waals surface area contributed by atoms with E-state index in [1.807, 2.05) is 25.1 Å². The predicted octanol–water partition coefficient (Wildman–Crippen LogP) is 3.92. The highest BCUT2D eigenvalue weighted by atomic mass is 35.5. The number of fused-ring (bicyclic) bond motifs is 1. The summed E-state index contributed by atoms with van der Waals surface area (Å²) in [7, 11) is 0. The Hall–Kier alpha value is -1.37. The molecule has 0 atom stereocenters. The van der Waals surface area contributed by atoms with Crippen LogP contribution in [0.3, 0.4) is 0 Å². The third-order valence-electron chi connectivity index (χ3n) is 2.93. The molecule has 0 spiro atoms. The summed E-state index contributed by atoms with van der Waals surface area (Å²) in [5, 5.41) is 0.533. The molecule has 0 amide bonds. The molecule has 0 radical (unpaired) electrons. The first kappa shape index (κ1) is 14.6. The minimum Gasteiger partial charge on any atom is -0.267 e. The molecule has 108 valence electrons. The van der Waals surface area contributed by atoms with Gasteiger partial charge < -0.3 is 0 Å². The van der Waals surface area contributed by atoms with Crippen LogP contribution in [0.4, 0.5) is 0 Å². The van der Waals surface area contributed by atoms with Crippen LogP contribution in [0.5, 0.6) is 0 Å². The zero-order chi connectivity index (χ0) is 15.0. The number of nitrogens with zero attached hydrogens (tertiary/aromatic N) is 3. The molecular formula is C14H12ClN3OS2. The first-order valence-electron chi connectivity index (χ1n) is 6.37. The predicted molar refractivity (Wildman–Crippen MR) is 89.2 cm³/mol. The lowest BCUT2D eigenvalue weighted by atomic mass is 10.2. The smallest absolute Gasteiger partial charge is 0.267 e. The van der Waals surface area contributed by atoms with Crippen molar-refractivity contribution in [1.82, 2.24) is 14.5 Å². The van der Waals surface area contributed by atoms with Crippen molar-refractivity contribution in [3.8, 4) is 5.69 Å². The highest BCUT2D eigenvalue weighted by molar-refractivity contribution is 8.01. The molecule has 4 nitrogen and oxygen atoms in total. The van der Waals surface area contributed by atoms with Crippen LogP contribution in [0, 0.1) is 6.92 Å². The molecule has 0 bridgehead atoms. The third kappa shape index (κ3) is 2.71. The molecule has 3 rings (SSSR count). The Bertz CT molecular complexity index is 872. The fraction of sp³-hybridized carbons (Fsp3) is 0.214. The maximum Gasteiger partial charge on any atom is 0.277 e. The van der Waals surface area contributed by atoms with E-state index in [1.165, 1.54) is 22.2 Å². The number of halogens is 1. The van der Waals surface area contributed by atoms with Gasteiger partial charge in [0.1, 0.15) is 11.0 Å². The molecule has 0 fully saturated rings. The second-order valence-corrected chi connectivity index (χ2v) is 7.36. The molecule has 2 heterocycles. The molecule has 0 aliphatic carbocycles. The lowest BCUT2D eigenvalue weighted by Crippen LogP contribution is -2.18. The number of thiazole rings is 1. The van der Waals surface area contributed by atoms with E-state index in [0.29, 0.717) is 21.1 Å². The van der Waals surface area contributed by atoms with Crippen molar-refractivity contribution < 1.29 is 0 Å². The van der Waals surface area contributed by atoms with Gasteiger partial charge in [-0.2, -0.15) is 0 Å². The molecule has 3 aromatic rings. The van der Waals surface area contributed by atoms with Crippen molar-refractivity contribution >= 4 is 45.0 Å². The van der Waals surface area contributed by atoms with Gasteiger partial charge in [0.25, 0.3) is 5.56 Å². The van der Waals surface area contributed by atoms with E-state index in [-0.39, 0.29) is 5.56 Å². The quantitative estimate of drug-likeness (QED) is 0.680. The summed E-state index contributed by atoms with van der Waals surface area (Å²) in [6.07, 6.45) is 1.49. The zero-order valence-corrected chi connectivity index (χ0v) is 13.8. The Labute approximate surface area is 134 Å². The maximum absolute atomic E-state index is 12.6. The summed E-state index contributed by atoms with van der Waals surface area (Å²) in [5.74, 6) is 0.914. The van der Waals surface area contributed by atoms with Gasteiger partial charge in [-0.15, -0.1) is 11.3 Å². The van der Waals surface area contributed by atoms with Crippen LogP contribution in [-0.4, -0.2) is 20.3 Å². The van der Waals surface area contributed by atoms with Crippen LogP contribution >= 0.6 is 34.7 Å². The number of aryl methyl sites for hydroxylation is 1. The van der Waals surface area contributed by atoms with E-state index >= 15 is 0 Å². The summed E-state index contributed by atoms with van der Waals surface area (Å²) in [5.41, 5.74) is 2.05. The average molecular weight is 338 g/mol. The molecule has 2 aromatic heterocycles. The summed E-state index contributed by atoms with van der Waals surface area (Å²) in [4.78, 5) is 21.2. The first-order valence-corrected chi connectivity index (χ1v) is 8.55. The Morgan fingerprint density at radius 2 is 2.24 bits per heavy atom. The van der Waals surface area contributed by atoms with Crippen molar-refractivity contribution in [2.45, 2.75) is 18.2 Å². The van der Waals surface area contributed by atoms with E-state index in [4.69, 9.17) is 11.6 Å². The fourth-order valence-electron chi connectivity index (χ4n) is 1.96. The molecule has 0 unspecified atom stereocenters. The summed E-state index contributed by atoms with van der Waals surface area (Å²) >= 11 is 9.23. The number of benzene rings is 1. The number of hydrogen-bond donors (Lipinski definition) is 0. The van der Waals surface area contributed by atoms with Crippen molar-refractivity contribution in [1.29, 1.82) is 0 Å². The van der Waals surface area contributed by atoms with Crippen LogP contribution in [0.25, 0.3) is 16.0 Å². The highest BCUT2D eigenvalue weighted by Gasteiger charge is 2.13. The highest BCUT2D eigenvalue weighted by Crippen LogP contribution is 2.27. The van der Waals surface area contributed by atoms with Crippen LogP contribution in [0.1, 0.15) is 12.5 Å². The SMILES string of the molecule is CCSc1nc2ncn(-c3ccc(C)cc3Cl)c(=O)c2s1.